The number of furan rings is 1. The molecule has 0 bridgehead atoms. The molecule has 1 saturated carbocycles. The van der Waals surface area contributed by atoms with Crippen LogP contribution in [0.1, 0.15) is 127 Å². The lowest BCUT2D eigenvalue weighted by molar-refractivity contribution is -0.136. The van der Waals surface area contributed by atoms with E-state index in [-0.39, 0.29) is 18.3 Å². The third-order valence-corrected chi connectivity index (χ3v) is 8.11. The normalized spacial score (nSPS) is 17.0. The van der Waals surface area contributed by atoms with Crippen molar-refractivity contribution >= 4 is 11.9 Å². The van der Waals surface area contributed by atoms with Gasteiger partial charge in [-0.05, 0) is 25.3 Å². The van der Waals surface area contributed by atoms with Gasteiger partial charge in [-0.3, -0.25) is 9.69 Å². The quantitative estimate of drug-likeness (QED) is 0.150. The number of rotatable bonds is 18. The molecule has 1 amide bonds. The van der Waals surface area contributed by atoms with Gasteiger partial charge in [-0.1, -0.05) is 96.8 Å². The van der Waals surface area contributed by atoms with Gasteiger partial charge in [0.2, 0.25) is 5.76 Å². The fourth-order valence-electron chi connectivity index (χ4n) is 5.70. The average Bonchev–Trinajstić information content (AvgIpc) is 3.44. The van der Waals surface area contributed by atoms with Crippen LogP contribution in [-0.2, 0) is 9.53 Å². The largest absolute Gasteiger partial charge is 0.465 e. The Hall–Kier alpha value is -2.02. The Bertz CT molecular complexity index is 781. The van der Waals surface area contributed by atoms with Crippen LogP contribution < -0.4 is 4.74 Å². The van der Waals surface area contributed by atoms with E-state index < -0.39 is 5.97 Å². The molecule has 1 aromatic heterocycles. The summed E-state index contributed by atoms with van der Waals surface area (Å²) in [5.74, 6) is -0.370. The third kappa shape index (κ3) is 11.4. The Balaban J connectivity index is 1.19. The number of nitrogens with zero attached hydrogens (tertiary/aromatic N) is 2. The van der Waals surface area contributed by atoms with E-state index >= 15 is 0 Å². The first-order valence-electron chi connectivity index (χ1n) is 15.6. The highest BCUT2D eigenvalue weighted by Crippen LogP contribution is 2.23. The molecule has 0 atom stereocenters. The summed E-state index contributed by atoms with van der Waals surface area (Å²) in [4.78, 5) is 29.2. The van der Waals surface area contributed by atoms with Crippen LogP contribution in [0, 0.1) is 0 Å². The predicted octanol–water partition coefficient (Wildman–Crippen LogP) is 6.99. The van der Waals surface area contributed by atoms with E-state index in [0.717, 1.165) is 25.9 Å². The summed E-state index contributed by atoms with van der Waals surface area (Å²) in [5, 5.41) is 0. The number of carbonyl (C=O) groups is 2. The summed E-state index contributed by atoms with van der Waals surface area (Å²) < 4.78 is 16.4. The minimum atomic E-state index is -0.626. The molecule has 1 aliphatic heterocycles. The minimum absolute atomic E-state index is 0.0737. The minimum Gasteiger partial charge on any atom is -0.465 e. The summed E-state index contributed by atoms with van der Waals surface area (Å²) in [7, 11) is 0. The van der Waals surface area contributed by atoms with Gasteiger partial charge in [0, 0.05) is 38.3 Å². The number of carbonyl (C=O) groups excluding carboxylic acids is 2. The van der Waals surface area contributed by atoms with Crippen molar-refractivity contribution in [2.24, 2.45) is 0 Å². The molecule has 38 heavy (non-hydrogen) atoms. The Morgan fingerprint density at radius 1 is 0.816 bits per heavy atom. The van der Waals surface area contributed by atoms with Gasteiger partial charge in [-0.25, -0.2) is 4.79 Å². The fourth-order valence-corrected chi connectivity index (χ4v) is 5.70. The van der Waals surface area contributed by atoms with Crippen molar-refractivity contribution in [3.05, 3.63) is 17.9 Å². The highest BCUT2D eigenvalue weighted by atomic mass is 16.6. The molecule has 2 fully saturated rings. The standard InChI is InChI=1S/C31H52N2O5/c1-2-3-4-5-6-7-8-9-10-11-12-16-25-36-30-20-19-28(38-30)31(35)37-26-29(34)33-23-21-32(22-24-33)27-17-14-13-15-18-27/h19-20,27H,2-18,21-26H2,1H3. The van der Waals surface area contributed by atoms with Crippen LogP contribution in [0.5, 0.6) is 5.95 Å². The second kappa shape index (κ2) is 18.3. The van der Waals surface area contributed by atoms with E-state index in [2.05, 4.69) is 11.8 Å². The molecule has 7 heteroatoms. The van der Waals surface area contributed by atoms with E-state index in [1.165, 1.54) is 96.3 Å². The first-order chi connectivity index (χ1) is 18.7. The zero-order chi connectivity index (χ0) is 26.8. The molecule has 3 rings (SSSR count). The zero-order valence-corrected chi connectivity index (χ0v) is 23.9. The van der Waals surface area contributed by atoms with Crippen molar-refractivity contribution in [1.82, 2.24) is 9.80 Å². The number of piperazine rings is 1. The molecule has 1 saturated heterocycles. The van der Waals surface area contributed by atoms with Gasteiger partial charge in [-0.2, -0.15) is 0 Å². The first-order valence-corrected chi connectivity index (χ1v) is 15.6. The van der Waals surface area contributed by atoms with Gasteiger partial charge in [-0.15, -0.1) is 0 Å². The van der Waals surface area contributed by atoms with Crippen molar-refractivity contribution in [3.8, 4) is 5.95 Å². The number of esters is 1. The van der Waals surface area contributed by atoms with Crippen LogP contribution in [0.4, 0.5) is 0 Å². The molecule has 0 aromatic carbocycles. The zero-order valence-electron chi connectivity index (χ0n) is 23.9. The van der Waals surface area contributed by atoms with Crippen LogP contribution in [0.15, 0.2) is 16.5 Å². The van der Waals surface area contributed by atoms with Crippen molar-refractivity contribution in [2.75, 3.05) is 39.4 Å². The number of hydrogen-bond acceptors (Lipinski definition) is 6. The molecule has 0 unspecified atom stereocenters. The van der Waals surface area contributed by atoms with Gasteiger partial charge in [0.25, 0.3) is 11.9 Å². The number of hydrogen-bond donors (Lipinski definition) is 0. The van der Waals surface area contributed by atoms with Gasteiger partial charge >= 0.3 is 5.97 Å². The molecule has 0 radical (unpaired) electrons. The maximum Gasteiger partial charge on any atom is 0.374 e. The Kier molecular flexibility index (Phi) is 14.7. The third-order valence-electron chi connectivity index (χ3n) is 8.11. The number of unbranched alkanes of at least 4 members (excludes halogenated alkanes) is 11. The Labute approximate surface area is 230 Å². The molecule has 2 heterocycles. The Morgan fingerprint density at radius 3 is 2.05 bits per heavy atom. The predicted molar refractivity (Wildman–Crippen MR) is 151 cm³/mol. The van der Waals surface area contributed by atoms with E-state index in [9.17, 15) is 9.59 Å². The van der Waals surface area contributed by atoms with Crippen LogP contribution in [0.25, 0.3) is 0 Å². The van der Waals surface area contributed by atoms with E-state index in [1.807, 2.05) is 0 Å². The van der Waals surface area contributed by atoms with E-state index in [0.29, 0.717) is 31.7 Å². The summed E-state index contributed by atoms with van der Waals surface area (Å²) in [6.45, 7) is 5.79. The summed E-state index contributed by atoms with van der Waals surface area (Å²) in [6.07, 6.45) is 22.1. The molecule has 216 valence electrons. The van der Waals surface area contributed by atoms with Crippen molar-refractivity contribution in [3.63, 3.8) is 0 Å². The van der Waals surface area contributed by atoms with Crippen LogP contribution in [-0.4, -0.2) is 67.1 Å². The van der Waals surface area contributed by atoms with E-state index in [1.54, 1.807) is 17.0 Å². The second-order valence-electron chi connectivity index (χ2n) is 11.1. The van der Waals surface area contributed by atoms with Crippen LogP contribution in [0.3, 0.4) is 0 Å². The SMILES string of the molecule is CCCCCCCCCCCCCCOc1ccc(C(=O)OCC(=O)N2CCN(C3CCCCC3)CC2)o1. The van der Waals surface area contributed by atoms with Crippen molar-refractivity contribution in [2.45, 2.75) is 122 Å². The molecule has 7 nitrogen and oxygen atoms in total. The maximum atomic E-state index is 12.5. The molecule has 2 aliphatic rings. The monoisotopic (exact) mass is 532 g/mol. The fraction of sp³-hybridized carbons (Fsp3) is 0.806. The van der Waals surface area contributed by atoms with Gasteiger partial charge in [0.15, 0.2) is 6.61 Å². The van der Waals surface area contributed by atoms with Crippen molar-refractivity contribution in [1.29, 1.82) is 0 Å². The van der Waals surface area contributed by atoms with Gasteiger partial charge in [0.1, 0.15) is 0 Å². The Morgan fingerprint density at radius 2 is 1.42 bits per heavy atom. The van der Waals surface area contributed by atoms with Gasteiger partial charge in [0.05, 0.1) is 6.61 Å². The molecular formula is C31H52N2O5. The molecular weight excluding hydrogens is 480 g/mol. The molecule has 1 aliphatic carbocycles. The van der Waals surface area contributed by atoms with Crippen molar-refractivity contribution < 1.29 is 23.5 Å². The maximum absolute atomic E-state index is 12.5. The lowest BCUT2D eigenvalue weighted by Crippen LogP contribution is -2.53. The number of ether oxygens (including phenoxy) is 2. The number of amides is 1. The summed E-state index contributed by atoms with van der Waals surface area (Å²) in [6, 6.07) is 3.87. The smallest absolute Gasteiger partial charge is 0.374 e. The topological polar surface area (TPSA) is 72.2 Å². The summed E-state index contributed by atoms with van der Waals surface area (Å²) in [5.41, 5.74) is 0. The highest BCUT2D eigenvalue weighted by Gasteiger charge is 2.27. The van der Waals surface area contributed by atoms with Crippen LogP contribution in [0.2, 0.25) is 0 Å². The lowest BCUT2D eigenvalue weighted by Gasteiger charge is -2.40. The first kappa shape index (κ1) is 30.5. The molecule has 1 aromatic rings. The molecule has 0 spiro atoms. The summed E-state index contributed by atoms with van der Waals surface area (Å²) >= 11 is 0. The van der Waals surface area contributed by atoms with Gasteiger partial charge < -0.3 is 18.8 Å². The highest BCUT2D eigenvalue weighted by molar-refractivity contribution is 5.89. The second-order valence-corrected chi connectivity index (χ2v) is 11.1. The van der Waals surface area contributed by atoms with E-state index in [4.69, 9.17) is 13.9 Å². The lowest BCUT2D eigenvalue weighted by atomic mass is 9.94. The average molecular weight is 533 g/mol. The molecule has 0 N–H and O–H groups in total. The van der Waals surface area contributed by atoms with Crippen LogP contribution >= 0.6 is 0 Å².